The van der Waals surface area contributed by atoms with Gasteiger partial charge >= 0.3 is 0 Å². The van der Waals surface area contributed by atoms with Gasteiger partial charge in [0.15, 0.2) is 0 Å². The monoisotopic (exact) mass is 279 g/mol. The molecule has 0 atom stereocenters. The zero-order valence-electron chi connectivity index (χ0n) is 7.58. The molecule has 68 valence electrons. The van der Waals surface area contributed by atoms with Crippen LogP contribution in [-0.4, -0.2) is 12.5 Å². The Morgan fingerprint density at radius 3 is 2.67 bits per heavy atom. The molecule has 0 aromatic carbocycles. The van der Waals surface area contributed by atoms with Gasteiger partial charge in [0.2, 0.25) is 0 Å². The summed E-state index contributed by atoms with van der Waals surface area (Å²) in [4.78, 5) is 0. The van der Waals surface area contributed by atoms with Crippen LogP contribution in [0.1, 0.15) is 20.8 Å². The molecule has 12 heavy (non-hydrogen) atoms. The standard InChI is InChI=1S/C9H14INO/c1-9(2,3)8-4-6-10-11(12)7-5-8/h4-7,12H,1-3H3. The number of halogens is 1. The molecule has 0 spiro atoms. The van der Waals surface area contributed by atoms with Gasteiger partial charge in [-0.1, -0.05) is 26.8 Å². The van der Waals surface area contributed by atoms with Gasteiger partial charge in [-0.15, -0.1) is 0 Å². The molecule has 0 fully saturated rings. The van der Waals surface area contributed by atoms with Crippen LogP contribution in [0.4, 0.5) is 0 Å². The van der Waals surface area contributed by atoms with Crippen molar-refractivity contribution in [2.75, 3.05) is 0 Å². The van der Waals surface area contributed by atoms with E-state index in [-0.39, 0.29) is 26.4 Å². The summed E-state index contributed by atoms with van der Waals surface area (Å²) in [7, 11) is 0. The Labute approximate surface area is 83.6 Å². The maximum absolute atomic E-state index is 9.20. The Hall–Kier alpha value is -0.160. The lowest BCUT2D eigenvalue weighted by molar-refractivity contribution is 0.0927. The smallest absolute Gasteiger partial charge is 0.0385 e. The summed E-state index contributed by atoms with van der Waals surface area (Å²) in [5.41, 5.74) is 1.43. The van der Waals surface area contributed by atoms with Gasteiger partial charge in [-0.2, -0.15) is 0 Å². The van der Waals surface area contributed by atoms with Crippen LogP contribution in [0.5, 0.6) is 0 Å². The van der Waals surface area contributed by atoms with Crippen molar-refractivity contribution in [2.24, 2.45) is 5.41 Å². The first-order valence-corrected chi connectivity index (χ1v) is 6.05. The first-order chi connectivity index (χ1) is 5.50. The number of allylic oxidation sites excluding steroid dienone is 3. The van der Waals surface area contributed by atoms with Crippen LogP contribution in [0.25, 0.3) is 0 Å². The summed E-state index contributed by atoms with van der Waals surface area (Å²) in [6.07, 6.45) is 5.83. The summed E-state index contributed by atoms with van der Waals surface area (Å²) in [5, 5.41) is 9.20. The Morgan fingerprint density at radius 1 is 1.42 bits per heavy atom. The van der Waals surface area contributed by atoms with E-state index in [1.807, 2.05) is 6.08 Å². The Bertz CT molecular complexity index is 248. The summed E-state index contributed by atoms with van der Waals surface area (Å²) >= 11 is -0.350. The zero-order chi connectivity index (χ0) is 9.19. The largest absolute Gasteiger partial charge is 0.280 e. The molecule has 2 nitrogen and oxygen atoms in total. The predicted octanol–water partition coefficient (Wildman–Crippen LogP) is 2.87. The van der Waals surface area contributed by atoms with E-state index in [2.05, 4.69) is 30.9 Å². The molecule has 0 saturated carbocycles. The van der Waals surface area contributed by atoms with Crippen LogP contribution in [0.2, 0.25) is 0 Å². The molecule has 1 heterocycles. The molecule has 0 bridgehead atoms. The molecule has 0 saturated heterocycles. The van der Waals surface area contributed by atoms with Gasteiger partial charge in [-0.05, 0) is 21.1 Å². The van der Waals surface area contributed by atoms with Gasteiger partial charge in [0.05, 0.1) is 0 Å². The second-order valence-corrected chi connectivity index (χ2v) is 5.96. The van der Waals surface area contributed by atoms with Crippen molar-refractivity contribution in [3.05, 3.63) is 23.9 Å². The molecule has 0 unspecified atom stereocenters. The molecular weight excluding hydrogens is 265 g/mol. The van der Waals surface area contributed by atoms with Crippen LogP contribution in [0.15, 0.2) is 23.9 Å². The minimum Gasteiger partial charge on any atom is -0.280 e. The molecule has 1 rings (SSSR count). The van der Waals surface area contributed by atoms with Crippen LogP contribution in [-0.2, 0) is 0 Å². The van der Waals surface area contributed by atoms with Crippen LogP contribution in [0.3, 0.4) is 0 Å². The average molecular weight is 279 g/mol. The van der Waals surface area contributed by atoms with E-state index in [9.17, 15) is 5.21 Å². The van der Waals surface area contributed by atoms with Crippen molar-refractivity contribution in [1.82, 2.24) is 3.28 Å². The van der Waals surface area contributed by atoms with Crippen molar-refractivity contribution < 1.29 is 5.21 Å². The summed E-state index contributed by atoms with van der Waals surface area (Å²) in [5.74, 6) is 0. The fourth-order valence-electron chi connectivity index (χ4n) is 0.884. The normalized spacial score (nSPS) is 18.3. The highest BCUT2D eigenvalue weighted by molar-refractivity contribution is 14.2. The fourth-order valence-corrected chi connectivity index (χ4v) is 2.11. The molecule has 3 heteroatoms. The predicted molar refractivity (Wildman–Crippen MR) is 60.4 cm³/mol. The van der Waals surface area contributed by atoms with Gasteiger partial charge in [-0.25, -0.2) is 3.28 Å². The van der Waals surface area contributed by atoms with Crippen LogP contribution in [0, 0.1) is 5.41 Å². The van der Waals surface area contributed by atoms with Crippen molar-refractivity contribution in [1.29, 1.82) is 0 Å². The van der Waals surface area contributed by atoms with Crippen molar-refractivity contribution in [2.45, 2.75) is 20.8 Å². The van der Waals surface area contributed by atoms with E-state index in [1.165, 1.54) is 8.85 Å². The van der Waals surface area contributed by atoms with Crippen molar-refractivity contribution in [3.8, 4) is 0 Å². The van der Waals surface area contributed by atoms with E-state index >= 15 is 0 Å². The number of hydrogen-bond donors (Lipinski definition) is 1. The topological polar surface area (TPSA) is 23.5 Å². The van der Waals surface area contributed by atoms with Gasteiger partial charge in [-0.3, -0.25) is 5.21 Å². The third-order valence-electron chi connectivity index (χ3n) is 1.64. The minimum absolute atomic E-state index is 0.169. The van der Waals surface area contributed by atoms with Gasteiger partial charge in [0, 0.05) is 27.2 Å². The highest BCUT2D eigenvalue weighted by Crippen LogP contribution is 2.27. The molecule has 0 radical (unpaired) electrons. The third-order valence-corrected chi connectivity index (χ3v) is 3.22. The molecule has 1 N–H and O–H groups in total. The highest BCUT2D eigenvalue weighted by atomic mass is 127. The SMILES string of the molecule is CC(C)(C)C1=CC=IN(O)C=C1. The van der Waals surface area contributed by atoms with E-state index in [0.29, 0.717) is 0 Å². The number of hydrogen-bond acceptors (Lipinski definition) is 2. The molecule has 1 aliphatic rings. The van der Waals surface area contributed by atoms with Crippen LogP contribution >= 0.6 is 21.0 Å². The molecule has 0 aliphatic carbocycles. The lowest BCUT2D eigenvalue weighted by Crippen LogP contribution is -2.07. The molecule has 0 aromatic rings. The number of hydroxylamine groups is 1. The van der Waals surface area contributed by atoms with E-state index in [4.69, 9.17) is 0 Å². The van der Waals surface area contributed by atoms with E-state index in [1.54, 1.807) is 6.20 Å². The van der Waals surface area contributed by atoms with Gasteiger partial charge in [0.1, 0.15) is 0 Å². The number of rotatable bonds is 0. The summed E-state index contributed by atoms with van der Waals surface area (Å²) < 4.78 is 3.35. The van der Waals surface area contributed by atoms with Gasteiger partial charge in [0.25, 0.3) is 0 Å². The maximum Gasteiger partial charge on any atom is 0.0385 e. The first-order valence-electron chi connectivity index (χ1n) is 3.84. The summed E-state index contributed by atoms with van der Waals surface area (Å²) in [6.45, 7) is 6.51. The lowest BCUT2D eigenvalue weighted by Gasteiger charge is -2.19. The summed E-state index contributed by atoms with van der Waals surface area (Å²) in [6, 6.07) is 0. The Kier molecular flexibility index (Phi) is 3.06. The van der Waals surface area contributed by atoms with Crippen molar-refractivity contribution >= 4 is 25.0 Å². The number of nitrogens with zero attached hydrogens (tertiary/aromatic N) is 1. The van der Waals surface area contributed by atoms with Crippen molar-refractivity contribution in [3.63, 3.8) is 0 Å². The van der Waals surface area contributed by atoms with Gasteiger partial charge < -0.3 is 0 Å². The maximum atomic E-state index is 9.20. The Morgan fingerprint density at radius 2 is 2.08 bits per heavy atom. The second kappa shape index (κ2) is 3.70. The molecular formula is C9H14INO. The quantitative estimate of drug-likeness (QED) is 0.544. The minimum atomic E-state index is -0.350. The second-order valence-electron chi connectivity index (χ2n) is 3.70. The van der Waals surface area contributed by atoms with Crippen LogP contribution < -0.4 is 0 Å². The Balaban J connectivity index is 2.88. The lowest BCUT2D eigenvalue weighted by atomic mass is 9.86. The molecule has 1 aliphatic heterocycles. The molecule has 0 aromatic heterocycles. The highest BCUT2D eigenvalue weighted by Gasteiger charge is 2.14. The fraction of sp³-hybridized carbons (Fsp3) is 0.444. The third kappa shape index (κ3) is 2.71. The first kappa shape index (κ1) is 9.92. The van der Waals surface area contributed by atoms with E-state index in [0.717, 1.165) is 0 Å². The average Bonchev–Trinajstić information content (AvgIpc) is 2.11. The zero-order valence-corrected chi connectivity index (χ0v) is 9.74. The van der Waals surface area contributed by atoms with E-state index < -0.39 is 0 Å². The molecule has 0 amide bonds.